The van der Waals surface area contributed by atoms with Crippen molar-refractivity contribution in [3.05, 3.63) is 0 Å². The monoisotopic (exact) mass is 264 g/mol. The fourth-order valence-corrected chi connectivity index (χ4v) is 2.75. The Hall–Kier alpha value is 0.447. The Labute approximate surface area is 105 Å². The third-order valence-electron chi connectivity index (χ3n) is 3.62. The smallest absolute Gasteiger partial charge is 0.192 e. The van der Waals surface area contributed by atoms with Crippen molar-refractivity contribution in [2.24, 2.45) is 0 Å². The molecule has 1 N–H and O–H groups in total. The molecule has 1 aliphatic heterocycles. The molecule has 0 aromatic rings. The topological polar surface area (TPSA) is 38.7 Å². The summed E-state index contributed by atoms with van der Waals surface area (Å²) >= 11 is 4.21. The molecular formula is C11H24O3SSi. The van der Waals surface area contributed by atoms with E-state index in [9.17, 15) is 5.11 Å². The average molecular weight is 264 g/mol. The molecule has 1 fully saturated rings. The highest BCUT2D eigenvalue weighted by Gasteiger charge is 2.40. The molecule has 0 aromatic carbocycles. The van der Waals surface area contributed by atoms with Crippen LogP contribution in [0.25, 0.3) is 0 Å². The van der Waals surface area contributed by atoms with E-state index >= 15 is 0 Å². The molecule has 1 aliphatic rings. The van der Waals surface area contributed by atoms with Crippen LogP contribution in [0.3, 0.4) is 0 Å². The summed E-state index contributed by atoms with van der Waals surface area (Å²) in [7, 11) is -1.74. The Morgan fingerprint density at radius 2 is 2.00 bits per heavy atom. The fourth-order valence-electron chi connectivity index (χ4n) is 1.36. The molecule has 1 rings (SSSR count). The maximum atomic E-state index is 9.72. The highest BCUT2D eigenvalue weighted by atomic mass is 32.1. The molecule has 1 saturated heterocycles. The lowest BCUT2D eigenvalue weighted by molar-refractivity contribution is 0.00122. The molecule has 0 spiro atoms. The van der Waals surface area contributed by atoms with E-state index in [-0.39, 0.29) is 16.6 Å². The van der Waals surface area contributed by atoms with E-state index in [1.807, 2.05) is 0 Å². The van der Waals surface area contributed by atoms with Crippen LogP contribution in [0.1, 0.15) is 27.2 Å². The van der Waals surface area contributed by atoms with Crippen molar-refractivity contribution in [2.75, 3.05) is 6.61 Å². The number of ether oxygens (including phenoxy) is 1. The van der Waals surface area contributed by atoms with Gasteiger partial charge in [-0.3, -0.25) is 0 Å². The highest BCUT2D eigenvalue weighted by molar-refractivity contribution is 7.80. The first-order valence-corrected chi connectivity index (χ1v) is 9.21. The maximum absolute atomic E-state index is 9.72. The second-order valence-electron chi connectivity index (χ2n) is 6.00. The molecule has 5 heteroatoms. The van der Waals surface area contributed by atoms with Gasteiger partial charge in [0.25, 0.3) is 0 Å². The molecule has 16 heavy (non-hydrogen) atoms. The molecule has 0 radical (unpaired) electrons. The first kappa shape index (κ1) is 14.5. The van der Waals surface area contributed by atoms with Gasteiger partial charge in [-0.2, -0.15) is 0 Å². The van der Waals surface area contributed by atoms with Gasteiger partial charge in [0.05, 0.1) is 12.7 Å². The maximum Gasteiger partial charge on any atom is 0.192 e. The number of thiol groups is 1. The van der Waals surface area contributed by atoms with Gasteiger partial charge in [-0.25, -0.2) is 0 Å². The Morgan fingerprint density at radius 3 is 2.38 bits per heavy atom. The molecule has 0 bridgehead atoms. The van der Waals surface area contributed by atoms with Gasteiger partial charge in [0.2, 0.25) is 0 Å². The predicted octanol–water partition coefficient (Wildman–Crippen LogP) is 2.41. The molecular weight excluding hydrogens is 240 g/mol. The standard InChI is InChI=1S/C11H24O3SSi/c1-11(2,3)16(4,5)13-7-9-8(12)6-10(15)14-9/h8-10,12,15H,6-7H2,1-5H3/t8?,9-,10+/m1/s1. The number of aliphatic hydroxyl groups is 1. The van der Waals surface area contributed by atoms with E-state index in [4.69, 9.17) is 9.16 Å². The van der Waals surface area contributed by atoms with Gasteiger partial charge < -0.3 is 14.3 Å². The first-order chi connectivity index (χ1) is 7.13. The van der Waals surface area contributed by atoms with Crippen molar-refractivity contribution in [1.82, 2.24) is 0 Å². The van der Waals surface area contributed by atoms with Crippen LogP contribution in [0.5, 0.6) is 0 Å². The summed E-state index contributed by atoms with van der Waals surface area (Å²) in [5.41, 5.74) is -0.150. The van der Waals surface area contributed by atoms with Crippen molar-refractivity contribution < 1.29 is 14.3 Å². The number of hydrogen-bond donors (Lipinski definition) is 2. The zero-order valence-electron chi connectivity index (χ0n) is 10.9. The second kappa shape index (κ2) is 4.98. The molecule has 0 aromatic heterocycles. The normalized spacial score (nSPS) is 32.1. The minimum atomic E-state index is -1.74. The number of hydrogen-bond acceptors (Lipinski definition) is 4. The number of aliphatic hydroxyl groups excluding tert-OH is 1. The SMILES string of the molecule is CC(C)(C)[Si](C)(C)OC[C@H]1O[C@@H](S)CC1O. The molecule has 1 heterocycles. The lowest BCUT2D eigenvalue weighted by Gasteiger charge is -2.37. The highest BCUT2D eigenvalue weighted by Crippen LogP contribution is 2.37. The van der Waals surface area contributed by atoms with E-state index in [0.29, 0.717) is 13.0 Å². The van der Waals surface area contributed by atoms with Crippen molar-refractivity contribution in [3.63, 3.8) is 0 Å². The van der Waals surface area contributed by atoms with Gasteiger partial charge >= 0.3 is 0 Å². The summed E-state index contributed by atoms with van der Waals surface area (Å²) in [4.78, 5) is 0. The van der Waals surface area contributed by atoms with E-state index in [1.54, 1.807) is 0 Å². The summed E-state index contributed by atoms with van der Waals surface area (Å²) in [6.45, 7) is 11.5. The molecule has 3 nitrogen and oxygen atoms in total. The van der Waals surface area contributed by atoms with Crippen LogP contribution in [-0.2, 0) is 9.16 Å². The van der Waals surface area contributed by atoms with Gasteiger partial charge in [0.15, 0.2) is 8.32 Å². The van der Waals surface area contributed by atoms with E-state index in [1.165, 1.54) is 0 Å². The van der Waals surface area contributed by atoms with Crippen LogP contribution in [0, 0.1) is 0 Å². The lowest BCUT2D eigenvalue weighted by Crippen LogP contribution is -2.43. The molecule has 96 valence electrons. The van der Waals surface area contributed by atoms with Crippen LogP contribution in [0.2, 0.25) is 18.1 Å². The first-order valence-electron chi connectivity index (χ1n) is 5.79. The van der Waals surface area contributed by atoms with E-state index in [0.717, 1.165) is 0 Å². The fraction of sp³-hybridized carbons (Fsp3) is 1.00. The lowest BCUT2D eigenvalue weighted by atomic mass is 10.2. The largest absolute Gasteiger partial charge is 0.414 e. The van der Waals surface area contributed by atoms with Gasteiger partial charge in [0.1, 0.15) is 11.5 Å². The zero-order valence-corrected chi connectivity index (χ0v) is 12.8. The van der Waals surface area contributed by atoms with Gasteiger partial charge in [-0.1, -0.05) is 20.8 Å². The van der Waals surface area contributed by atoms with E-state index in [2.05, 4.69) is 46.5 Å². The van der Waals surface area contributed by atoms with Crippen LogP contribution in [0.4, 0.5) is 0 Å². The summed E-state index contributed by atoms with van der Waals surface area (Å²) in [6, 6.07) is 0. The summed E-state index contributed by atoms with van der Waals surface area (Å²) in [5.74, 6) is 0. The van der Waals surface area contributed by atoms with Gasteiger partial charge in [-0.05, 0) is 18.1 Å². The minimum Gasteiger partial charge on any atom is -0.414 e. The van der Waals surface area contributed by atoms with Crippen LogP contribution < -0.4 is 0 Å². The molecule has 3 atom stereocenters. The summed E-state index contributed by atoms with van der Waals surface area (Å²) in [5, 5.41) is 9.91. The molecule has 0 saturated carbocycles. The van der Waals surface area contributed by atoms with Crippen molar-refractivity contribution in [1.29, 1.82) is 0 Å². The summed E-state index contributed by atoms with van der Waals surface area (Å²) < 4.78 is 11.5. The summed E-state index contributed by atoms with van der Waals surface area (Å²) in [6.07, 6.45) is -0.0573. The second-order valence-corrected chi connectivity index (χ2v) is 11.4. The number of rotatable bonds is 3. The van der Waals surface area contributed by atoms with Crippen LogP contribution in [-0.4, -0.2) is 37.7 Å². The third kappa shape index (κ3) is 3.47. The van der Waals surface area contributed by atoms with Crippen LogP contribution in [0.15, 0.2) is 0 Å². The molecule has 0 aliphatic carbocycles. The Morgan fingerprint density at radius 1 is 1.44 bits per heavy atom. The van der Waals surface area contributed by atoms with Gasteiger partial charge in [0, 0.05) is 6.42 Å². The predicted molar refractivity (Wildman–Crippen MR) is 71.4 cm³/mol. The third-order valence-corrected chi connectivity index (χ3v) is 8.45. The minimum absolute atomic E-state index is 0.150. The zero-order chi connectivity index (χ0) is 12.6. The molecule has 1 unspecified atom stereocenters. The van der Waals surface area contributed by atoms with Crippen molar-refractivity contribution >= 4 is 20.9 Å². The van der Waals surface area contributed by atoms with Crippen LogP contribution >= 0.6 is 12.6 Å². The Balaban J connectivity index is 2.46. The Kier molecular flexibility index (Phi) is 4.51. The molecule has 0 amide bonds. The van der Waals surface area contributed by atoms with E-state index < -0.39 is 14.4 Å². The van der Waals surface area contributed by atoms with Crippen molar-refractivity contribution in [3.8, 4) is 0 Å². The quantitative estimate of drug-likeness (QED) is 0.607. The Bertz CT molecular complexity index is 240. The van der Waals surface area contributed by atoms with Crippen molar-refractivity contribution in [2.45, 2.75) is 63.0 Å². The van der Waals surface area contributed by atoms with Gasteiger partial charge in [-0.15, -0.1) is 12.6 Å². The average Bonchev–Trinajstić information content (AvgIpc) is 2.39.